The zero-order chi connectivity index (χ0) is 24.6. The molecule has 0 bridgehead atoms. The molecule has 4 rings (SSSR count). The Bertz CT molecular complexity index is 1160. The molecule has 0 radical (unpaired) electrons. The molecule has 0 spiro atoms. The molecule has 12 heteroatoms. The summed E-state index contributed by atoms with van der Waals surface area (Å²) in [7, 11) is -3.03. The van der Waals surface area contributed by atoms with Gasteiger partial charge in [-0.25, -0.2) is 12.8 Å². The zero-order valence-corrected chi connectivity index (χ0v) is 19.2. The van der Waals surface area contributed by atoms with Crippen molar-refractivity contribution in [2.24, 2.45) is 5.10 Å². The van der Waals surface area contributed by atoms with Gasteiger partial charge in [-0.1, -0.05) is 30.3 Å². The maximum absolute atomic E-state index is 15.1. The molecule has 0 aromatic heterocycles. The SMILES string of the molecule is CC1(c2ccc(CN(CN3CCS(=O)(=O)CC3)c3ccccc3)c(F)c2)NN=C(C(F)(F)F)O1. The molecule has 2 aromatic rings. The van der Waals surface area contributed by atoms with Gasteiger partial charge < -0.3 is 9.64 Å². The van der Waals surface area contributed by atoms with Crippen LogP contribution in [0.25, 0.3) is 0 Å². The Morgan fingerprint density at radius 3 is 2.41 bits per heavy atom. The van der Waals surface area contributed by atoms with Crippen LogP contribution in [0.3, 0.4) is 0 Å². The summed E-state index contributed by atoms with van der Waals surface area (Å²) < 4.78 is 82.2. The number of nitrogens with one attached hydrogen (secondary N) is 1. The molecule has 7 nitrogen and oxygen atoms in total. The minimum Gasteiger partial charge on any atom is -0.441 e. The van der Waals surface area contributed by atoms with Crippen LogP contribution in [-0.4, -0.2) is 56.7 Å². The van der Waals surface area contributed by atoms with Crippen molar-refractivity contribution < 1.29 is 30.7 Å². The molecule has 1 N–H and O–H groups in total. The van der Waals surface area contributed by atoms with Gasteiger partial charge in [0.05, 0.1) is 18.2 Å². The number of alkyl halides is 3. The van der Waals surface area contributed by atoms with Gasteiger partial charge in [0, 0.05) is 43.4 Å². The maximum atomic E-state index is 15.1. The van der Waals surface area contributed by atoms with E-state index in [0.29, 0.717) is 25.3 Å². The number of halogens is 4. The number of hydrogen-bond donors (Lipinski definition) is 1. The van der Waals surface area contributed by atoms with Crippen LogP contribution in [0.2, 0.25) is 0 Å². The molecule has 2 aliphatic rings. The lowest BCUT2D eigenvalue weighted by Gasteiger charge is -2.34. The highest BCUT2D eigenvalue weighted by Gasteiger charge is 2.48. The van der Waals surface area contributed by atoms with Crippen molar-refractivity contribution in [3.8, 4) is 0 Å². The fourth-order valence-corrected chi connectivity index (χ4v) is 5.09. The zero-order valence-electron chi connectivity index (χ0n) is 18.3. The van der Waals surface area contributed by atoms with E-state index in [9.17, 15) is 21.6 Å². The van der Waals surface area contributed by atoms with E-state index in [1.54, 1.807) is 0 Å². The topological polar surface area (TPSA) is 74.2 Å². The highest BCUT2D eigenvalue weighted by molar-refractivity contribution is 7.91. The summed E-state index contributed by atoms with van der Waals surface area (Å²) in [5.74, 6) is -1.87. The Hall–Kier alpha value is -2.86. The molecule has 2 heterocycles. The average Bonchev–Trinajstić information content (AvgIpc) is 3.20. The van der Waals surface area contributed by atoms with Gasteiger partial charge >= 0.3 is 12.1 Å². The number of rotatable bonds is 6. The Kier molecular flexibility index (Phi) is 6.47. The van der Waals surface area contributed by atoms with E-state index in [4.69, 9.17) is 4.74 Å². The Balaban J connectivity index is 1.52. The molecular formula is C22H24F4N4O3S. The second-order valence-electron chi connectivity index (χ2n) is 8.41. The molecule has 1 unspecified atom stereocenters. The summed E-state index contributed by atoms with van der Waals surface area (Å²) in [5.41, 5.74) is 1.96. The molecule has 1 fully saturated rings. The third kappa shape index (κ3) is 5.44. The summed E-state index contributed by atoms with van der Waals surface area (Å²) in [4.78, 5) is 3.92. The van der Waals surface area contributed by atoms with Crippen LogP contribution in [0.15, 0.2) is 53.6 Å². The van der Waals surface area contributed by atoms with Crippen molar-refractivity contribution in [3.63, 3.8) is 0 Å². The third-order valence-electron chi connectivity index (χ3n) is 5.81. The van der Waals surface area contributed by atoms with Gasteiger partial charge in [0.1, 0.15) is 5.82 Å². The molecule has 0 aliphatic carbocycles. The number of sulfone groups is 1. The Morgan fingerprint density at radius 1 is 1.15 bits per heavy atom. The van der Waals surface area contributed by atoms with Gasteiger partial charge in [-0.05, 0) is 18.2 Å². The van der Waals surface area contributed by atoms with Crippen molar-refractivity contribution in [2.45, 2.75) is 25.4 Å². The summed E-state index contributed by atoms with van der Waals surface area (Å²) in [6, 6.07) is 13.4. The minimum absolute atomic E-state index is 0.0757. The second-order valence-corrected chi connectivity index (χ2v) is 10.7. The van der Waals surface area contributed by atoms with E-state index < -0.39 is 33.5 Å². The Labute approximate surface area is 194 Å². The first-order valence-corrected chi connectivity index (χ1v) is 12.4. The molecule has 34 heavy (non-hydrogen) atoms. The minimum atomic E-state index is -4.76. The average molecular weight is 501 g/mol. The first-order chi connectivity index (χ1) is 16.0. The first kappa shape index (κ1) is 24.3. The summed E-state index contributed by atoms with van der Waals surface area (Å²) in [6.07, 6.45) is -4.76. The summed E-state index contributed by atoms with van der Waals surface area (Å²) in [5, 5.41) is 3.19. The predicted octanol–water partition coefficient (Wildman–Crippen LogP) is 3.19. The van der Waals surface area contributed by atoms with Gasteiger partial charge in [0.25, 0.3) is 0 Å². The van der Waals surface area contributed by atoms with Crippen LogP contribution in [0, 0.1) is 5.82 Å². The molecule has 184 valence electrons. The number of ether oxygens (including phenoxy) is 1. The summed E-state index contributed by atoms with van der Waals surface area (Å²) >= 11 is 0. The van der Waals surface area contributed by atoms with Crippen molar-refractivity contribution >= 4 is 21.4 Å². The lowest BCUT2D eigenvalue weighted by molar-refractivity contribution is -0.0888. The molecule has 0 saturated carbocycles. The highest BCUT2D eigenvalue weighted by Crippen LogP contribution is 2.33. The van der Waals surface area contributed by atoms with Crippen LogP contribution in [-0.2, 0) is 26.8 Å². The fraction of sp³-hybridized carbons (Fsp3) is 0.409. The van der Waals surface area contributed by atoms with Crippen LogP contribution in [0.5, 0.6) is 0 Å². The van der Waals surface area contributed by atoms with E-state index in [-0.39, 0.29) is 23.6 Å². The predicted molar refractivity (Wildman–Crippen MR) is 119 cm³/mol. The summed E-state index contributed by atoms with van der Waals surface area (Å²) in [6.45, 7) is 2.68. The number of hydrazone groups is 1. The van der Waals surface area contributed by atoms with E-state index in [1.807, 2.05) is 40.1 Å². The van der Waals surface area contributed by atoms with E-state index in [0.717, 1.165) is 11.8 Å². The smallest absolute Gasteiger partial charge is 0.441 e. The lowest BCUT2D eigenvalue weighted by Crippen LogP contribution is -2.46. The lowest BCUT2D eigenvalue weighted by atomic mass is 10.0. The second kappa shape index (κ2) is 9.06. The number of hydrogen-bond acceptors (Lipinski definition) is 7. The standard InChI is InChI=1S/C22H24F4N4O3S/c1-21(28-27-20(33-21)22(24,25)26)17-8-7-16(19(23)13-17)14-30(18-5-3-2-4-6-18)15-29-9-11-34(31,32)12-10-29/h2-8,13,28H,9-12,14-15H2,1H3. The third-order valence-corrected chi connectivity index (χ3v) is 7.42. The molecular weight excluding hydrogens is 476 g/mol. The molecule has 2 aromatic carbocycles. The molecule has 2 aliphatic heterocycles. The van der Waals surface area contributed by atoms with Gasteiger partial charge in [-0.2, -0.15) is 13.2 Å². The maximum Gasteiger partial charge on any atom is 0.470 e. The van der Waals surface area contributed by atoms with Crippen molar-refractivity contribution in [2.75, 3.05) is 36.2 Å². The van der Waals surface area contributed by atoms with E-state index >= 15 is 4.39 Å². The van der Waals surface area contributed by atoms with Gasteiger partial charge in [0.2, 0.25) is 5.72 Å². The fourth-order valence-electron chi connectivity index (χ4n) is 3.81. The molecule has 1 atom stereocenters. The largest absolute Gasteiger partial charge is 0.470 e. The van der Waals surface area contributed by atoms with Gasteiger partial charge in [-0.3, -0.25) is 10.3 Å². The van der Waals surface area contributed by atoms with Crippen molar-refractivity contribution in [3.05, 3.63) is 65.5 Å². The molecule has 0 amide bonds. The van der Waals surface area contributed by atoms with Crippen LogP contribution in [0.4, 0.5) is 23.2 Å². The number of benzene rings is 2. The van der Waals surface area contributed by atoms with Crippen LogP contribution >= 0.6 is 0 Å². The van der Waals surface area contributed by atoms with Gasteiger partial charge in [0.15, 0.2) is 9.84 Å². The van der Waals surface area contributed by atoms with E-state index in [2.05, 4.69) is 10.5 Å². The van der Waals surface area contributed by atoms with Crippen molar-refractivity contribution in [1.82, 2.24) is 10.3 Å². The monoisotopic (exact) mass is 500 g/mol. The van der Waals surface area contributed by atoms with Crippen LogP contribution < -0.4 is 10.3 Å². The van der Waals surface area contributed by atoms with E-state index in [1.165, 1.54) is 19.1 Å². The first-order valence-electron chi connectivity index (χ1n) is 10.6. The highest BCUT2D eigenvalue weighted by atomic mass is 32.2. The Morgan fingerprint density at radius 2 is 1.82 bits per heavy atom. The number of para-hydroxylation sites is 1. The van der Waals surface area contributed by atoms with Crippen molar-refractivity contribution in [1.29, 1.82) is 0 Å². The quantitative estimate of drug-likeness (QED) is 0.615. The van der Waals surface area contributed by atoms with Crippen LogP contribution in [0.1, 0.15) is 18.1 Å². The number of anilines is 1. The van der Waals surface area contributed by atoms with Gasteiger partial charge in [-0.15, -0.1) is 5.10 Å². The normalized spacial score (nSPS) is 22.6. The molecule has 1 saturated heterocycles. The number of nitrogens with zero attached hydrogens (tertiary/aromatic N) is 3.